The number of hydrogen-bond acceptors (Lipinski definition) is 3. The number of halogens is 2. The van der Waals surface area contributed by atoms with Gasteiger partial charge in [-0.3, -0.25) is 0 Å². The molecule has 1 aliphatic rings. The Labute approximate surface area is 128 Å². The summed E-state index contributed by atoms with van der Waals surface area (Å²) in [4.78, 5) is 4.22. The van der Waals surface area contributed by atoms with Crippen molar-refractivity contribution in [1.29, 1.82) is 0 Å². The zero-order valence-electron chi connectivity index (χ0n) is 10.9. The molecule has 3 N–H and O–H groups in total. The first kappa shape index (κ1) is 13.5. The minimum atomic E-state index is 0.281. The van der Waals surface area contributed by atoms with E-state index in [2.05, 4.69) is 22.4 Å². The summed E-state index contributed by atoms with van der Waals surface area (Å²) in [6.07, 6.45) is 4.69. The third-order valence-electron chi connectivity index (χ3n) is 3.61. The quantitative estimate of drug-likeness (QED) is 0.853. The molecular formula is C15H15Cl2N3. The molecule has 1 heterocycles. The number of fused-ring (bicyclic) bond motifs is 1. The molecule has 3 rings (SSSR count). The van der Waals surface area contributed by atoms with Crippen molar-refractivity contribution in [2.24, 2.45) is 0 Å². The van der Waals surface area contributed by atoms with E-state index in [1.165, 1.54) is 24.0 Å². The first-order chi connectivity index (χ1) is 9.65. The maximum atomic E-state index is 6.17. The fourth-order valence-corrected chi connectivity index (χ4v) is 3.00. The number of pyridine rings is 1. The fraction of sp³-hybridized carbons (Fsp3) is 0.267. The Morgan fingerprint density at radius 3 is 2.75 bits per heavy atom. The van der Waals surface area contributed by atoms with E-state index in [1.807, 2.05) is 6.07 Å². The lowest BCUT2D eigenvalue weighted by molar-refractivity contribution is 0.687. The molecule has 1 aliphatic carbocycles. The number of nitrogens with zero attached hydrogens (tertiary/aromatic N) is 1. The molecule has 20 heavy (non-hydrogen) atoms. The molecule has 0 radical (unpaired) electrons. The molecule has 2 aromatic rings. The Morgan fingerprint density at radius 2 is 1.90 bits per heavy atom. The van der Waals surface area contributed by atoms with Crippen molar-refractivity contribution in [3.05, 3.63) is 45.4 Å². The van der Waals surface area contributed by atoms with Crippen LogP contribution in [0, 0.1) is 0 Å². The number of anilines is 3. The van der Waals surface area contributed by atoms with Crippen LogP contribution in [-0.4, -0.2) is 4.98 Å². The molecule has 1 aromatic carbocycles. The molecule has 0 spiro atoms. The molecule has 3 nitrogen and oxygen atoms in total. The summed E-state index contributed by atoms with van der Waals surface area (Å²) >= 11 is 12.1. The van der Waals surface area contributed by atoms with Gasteiger partial charge in [-0.05, 0) is 48.9 Å². The van der Waals surface area contributed by atoms with Gasteiger partial charge < -0.3 is 11.1 Å². The third-order valence-corrected chi connectivity index (χ3v) is 4.20. The van der Waals surface area contributed by atoms with Crippen LogP contribution in [0.25, 0.3) is 0 Å². The van der Waals surface area contributed by atoms with Gasteiger partial charge in [-0.2, -0.15) is 0 Å². The number of benzene rings is 1. The summed E-state index contributed by atoms with van der Waals surface area (Å²) in [6, 6.07) is 7.90. The van der Waals surface area contributed by atoms with Gasteiger partial charge in [0.1, 0.15) is 5.82 Å². The van der Waals surface area contributed by atoms with Gasteiger partial charge in [-0.15, -0.1) is 0 Å². The van der Waals surface area contributed by atoms with E-state index in [0.29, 0.717) is 15.9 Å². The van der Waals surface area contributed by atoms with E-state index in [9.17, 15) is 0 Å². The number of aryl methyl sites for hydroxylation is 1. The maximum Gasteiger partial charge on any atom is 0.151 e. The van der Waals surface area contributed by atoms with Crippen LogP contribution in [0.3, 0.4) is 0 Å². The highest BCUT2D eigenvalue weighted by atomic mass is 35.5. The summed E-state index contributed by atoms with van der Waals surface area (Å²) in [5.41, 5.74) is 9.55. The second kappa shape index (κ2) is 5.51. The first-order valence-electron chi connectivity index (χ1n) is 6.64. The monoisotopic (exact) mass is 307 g/mol. The summed E-state index contributed by atoms with van der Waals surface area (Å²) in [7, 11) is 0. The van der Waals surface area contributed by atoms with Crippen molar-refractivity contribution in [3.63, 3.8) is 0 Å². The predicted octanol–water partition coefficient (Wildman–Crippen LogP) is 4.59. The molecule has 0 saturated heterocycles. The number of nitrogens with two attached hydrogens (primary N) is 1. The van der Waals surface area contributed by atoms with E-state index in [-0.39, 0.29) is 5.82 Å². The van der Waals surface area contributed by atoms with Gasteiger partial charge in [0.25, 0.3) is 0 Å². The number of aromatic nitrogens is 1. The second-order valence-electron chi connectivity index (χ2n) is 4.96. The number of hydrogen-bond donors (Lipinski definition) is 2. The van der Waals surface area contributed by atoms with Gasteiger partial charge in [0, 0.05) is 5.69 Å². The third kappa shape index (κ3) is 2.56. The lowest BCUT2D eigenvalue weighted by Gasteiger charge is -2.20. The van der Waals surface area contributed by atoms with E-state index in [4.69, 9.17) is 28.9 Å². The van der Waals surface area contributed by atoms with Crippen molar-refractivity contribution in [2.75, 3.05) is 11.1 Å². The fourth-order valence-electron chi connectivity index (χ4n) is 2.59. The Kier molecular flexibility index (Phi) is 3.72. The molecule has 0 fully saturated rings. The molecule has 5 heteroatoms. The van der Waals surface area contributed by atoms with E-state index in [1.54, 1.807) is 6.07 Å². The van der Waals surface area contributed by atoms with Crippen LogP contribution >= 0.6 is 23.2 Å². The Hall–Kier alpha value is -1.45. The van der Waals surface area contributed by atoms with Crippen LogP contribution in [0.5, 0.6) is 0 Å². The Bertz CT molecular complexity index is 656. The first-order valence-corrected chi connectivity index (χ1v) is 7.40. The minimum Gasteiger partial charge on any atom is -0.382 e. The van der Waals surface area contributed by atoms with Gasteiger partial charge >= 0.3 is 0 Å². The lowest BCUT2D eigenvalue weighted by atomic mass is 9.90. The molecule has 0 unspecified atom stereocenters. The van der Waals surface area contributed by atoms with Crippen molar-refractivity contribution in [1.82, 2.24) is 4.98 Å². The number of rotatable bonds is 2. The largest absolute Gasteiger partial charge is 0.382 e. The van der Waals surface area contributed by atoms with Crippen molar-refractivity contribution < 1.29 is 0 Å². The normalized spacial score (nSPS) is 13.9. The Balaban J connectivity index is 1.98. The topological polar surface area (TPSA) is 50.9 Å². The van der Waals surface area contributed by atoms with Crippen LogP contribution in [0.15, 0.2) is 24.3 Å². The second-order valence-corrected chi connectivity index (χ2v) is 5.78. The zero-order valence-corrected chi connectivity index (χ0v) is 12.4. The summed E-state index contributed by atoms with van der Waals surface area (Å²) in [6.45, 7) is 0. The predicted molar refractivity (Wildman–Crippen MR) is 85.0 cm³/mol. The highest BCUT2D eigenvalue weighted by Crippen LogP contribution is 2.33. The highest BCUT2D eigenvalue weighted by Gasteiger charge is 2.14. The van der Waals surface area contributed by atoms with Crippen LogP contribution in [0.4, 0.5) is 17.3 Å². The number of nitrogen functional groups attached to an aromatic ring is 1. The van der Waals surface area contributed by atoms with Crippen LogP contribution < -0.4 is 11.1 Å². The minimum absolute atomic E-state index is 0.281. The lowest BCUT2D eigenvalue weighted by Crippen LogP contribution is -2.07. The molecule has 0 atom stereocenters. The van der Waals surface area contributed by atoms with E-state index >= 15 is 0 Å². The Morgan fingerprint density at radius 1 is 1.10 bits per heavy atom. The van der Waals surface area contributed by atoms with Gasteiger partial charge in [0.15, 0.2) is 5.82 Å². The molecule has 0 aliphatic heterocycles. The van der Waals surface area contributed by atoms with Crippen molar-refractivity contribution in [2.45, 2.75) is 25.7 Å². The molecule has 104 valence electrons. The zero-order chi connectivity index (χ0) is 14.1. The molecule has 0 saturated carbocycles. The van der Waals surface area contributed by atoms with E-state index in [0.717, 1.165) is 18.5 Å². The van der Waals surface area contributed by atoms with E-state index < -0.39 is 0 Å². The average molecular weight is 308 g/mol. The average Bonchev–Trinajstić information content (AvgIpc) is 2.45. The standard InChI is InChI=1S/C15H15Cl2N3/c16-11-8-12(17)15(20-14(11)18)19-13-7-3-5-9-4-1-2-6-10(9)13/h3,5,7-8H,1-2,4,6H2,(H3,18,19,20). The van der Waals surface area contributed by atoms with Crippen LogP contribution in [-0.2, 0) is 12.8 Å². The molecule has 1 aromatic heterocycles. The van der Waals surface area contributed by atoms with Crippen LogP contribution in [0.2, 0.25) is 10.0 Å². The molecule has 0 bridgehead atoms. The van der Waals surface area contributed by atoms with Crippen molar-refractivity contribution in [3.8, 4) is 0 Å². The van der Waals surface area contributed by atoms with Gasteiger partial charge in [0.05, 0.1) is 10.0 Å². The number of nitrogens with one attached hydrogen (secondary N) is 1. The van der Waals surface area contributed by atoms with Gasteiger partial charge in [-0.1, -0.05) is 35.3 Å². The molecule has 0 amide bonds. The SMILES string of the molecule is Nc1nc(Nc2cccc3c2CCCC3)c(Cl)cc1Cl. The highest BCUT2D eigenvalue weighted by molar-refractivity contribution is 6.37. The summed E-state index contributed by atoms with van der Waals surface area (Å²) < 4.78 is 0. The smallest absolute Gasteiger partial charge is 0.151 e. The van der Waals surface area contributed by atoms with Gasteiger partial charge in [0.2, 0.25) is 0 Å². The van der Waals surface area contributed by atoms with Crippen LogP contribution in [0.1, 0.15) is 24.0 Å². The summed E-state index contributed by atoms with van der Waals surface area (Å²) in [5, 5.41) is 4.13. The van der Waals surface area contributed by atoms with Gasteiger partial charge in [-0.25, -0.2) is 4.98 Å². The van der Waals surface area contributed by atoms with Crippen molar-refractivity contribution >= 4 is 40.5 Å². The summed E-state index contributed by atoms with van der Waals surface area (Å²) in [5.74, 6) is 0.830. The maximum absolute atomic E-state index is 6.17. The molecular weight excluding hydrogens is 293 g/mol.